The van der Waals surface area contributed by atoms with Gasteiger partial charge in [0.05, 0.1) is 11.0 Å². The monoisotopic (exact) mass is 489 g/mol. The molecule has 0 aliphatic carbocycles. The van der Waals surface area contributed by atoms with Crippen molar-refractivity contribution in [3.8, 4) is 28.7 Å². The molecule has 2 heterocycles. The van der Waals surface area contributed by atoms with E-state index < -0.39 is 0 Å². The van der Waals surface area contributed by atoms with E-state index >= 15 is 0 Å². The van der Waals surface area contributed by atoms with Crippen LogP contribution in [0, 0.1) is 0 Å². The molecule has 7 rings (SSSR count). The lowest BCUT2D eigenvalue weighted by molar-refractivity contribution is 0.953. The number of aromatic nitrogens is 4. The summed E-state index contributed by atoms with van der Waals surface area (Å²) in [6.45, 7) is 0. The highest BCUT2D eigenvalue weighted by Gasteiger charge is 2.18. The van der Waals surface area contributed by atoms with Crippen molar-refractivity contribution in [2.45, 2.75) is 0 Å². The molecule has 0 saturated heterocycles. The van der Waals surface area contributed by atoms with Crippen molar-refractivity contribution < 1.29 is 0 Å². The Labute approximate surface area is 220 Å². The zero-order valence-corrected chi connectivity index (χ0v) is 20.5. The Morgan fingerprint density at radius 3 is 1.66 bits per heavy atom. The minimum atomic E-state index is 0.584. The van der Waals surface area contributed by atoms with Crippen molar-refractivity contribution in [3.63, 3.8) is 0 Å². The molecule has 0 fully saturated rings. The molecular formula is C33H23N5. The highest BCUT2D eigenvalue weighted by molar-refractivity contribution is 6.09. The third-order valence-corrected chi connectivity index (χ3v) is 6.62. The first-order chi connectivity index (χ1) is 18.8. The maximum absolute atomic E-state index is 5.01. The molecule has 2 aromatic heterocycles. The van der Waals surface area contributed by atoms with Gasteiger partial charge in [-0.25, -0.2) is 4.98 Å². The fraction of sp³-hybridized carbons (Fsp3) is 0. The number of rotatable bonds is 5. The SMILES string of the molecule is c1ccc(Nc2ccc3c4ccccc4n(-c4nc(-c5ccccc5)nc(-c5ccccc5)n4)c3c2)cc1. The third-order valence-electron chi connectivity index (χ3n) is 6.62. The maximum Gasteiger partial charge on any atom is 0.238 e. The first-order valence-corrected chi connectivity index (χ1v) is 12.6. The first kappa shape index (κ1) is 21.9. The van der Waals surface area contributed by atoms with Crippen LogP contribution >= 0.6 is 0 Å². The summed E-state index contributed by atoms with van der Waals surface area (Å²) in [6.07, 6.45) is 0. The van der Waals surface area contributed by atoms with Crippen LogP contribution in [0.15, 0.2) is 133 Å². The molecule has 180 valence electrons. The Balaban J connectivity index is 1.49. The first-order valence-electron chi connectivity index (χ1n) is 12.6. The van der Waals surface area contributed by atoms with Crippen LogP contribution in [0.4, 0.5) is 11.4 Å². The number of hydrogen-bond donors (Lipinski definition) is 1. The van der Waals surface area contributed by atoms with Crippen LogP contribution < -0.4 is 5.32 Å². The van der Waals surface area contributed by atoms with Gasteiger partial charge in [-0.1, -0.05) is 103 Å². The van der Waals surface area contributed by atoms with Gasteiger partial charge in [0.1, 0.15) is 0 Å². The van der Waals surface area contributed by atoms with Gasteiger partial charge in [-0.05, 0) is 30.3 Å². The van der Waals surface area contributed by atoms with E-state index in [9.17, 15) is 0 Å². The predicted molar refractivity (Wildman–Crippen MR) is 155 cm³/mol. The van der Waals surface area contributed by atoms with Crippen molar-refractivity contribution in [1.29, 1.82) is 0 Å². The van der Waals surface area contributed by atoms with Crippen LogP contribution in [0.5, 0.6) is 0 Å². The summed E-state index contributed by atoms with van der Waals surface area (Å²) >= 11 is 0. The molecule has 5 heteroatoms. The normalized spacial score (nSPS) is 11.2. The largest absolute Gasteiger partial charge is 0.355 e. The molecular weight excluding hydrogens is 466 g/mol. The highest BCUT2D eigenvalue weighted by atomic mass is 15.2. The number of fused-ring (bicyclic) bond motifs is 3. The van der Waals surface area contributed by atoms with Crippen molar-refractivity contribution in [2.75, 3.05) is 5.32 Å². The molecule has 0 bridgehead atoms. The Morgan fingerprint density at radius 2 is 1.00 bits per heavy atom. The molecule has 0 aliphatic rings. The van der Waals surface area contributed by atoms with Crippen molar-refractivity contribution in [3.05, 3.63) is 133 Å². The lowest BCUT2D eigenvalue weighted by Crippen LogP contribution is -2.06. The molecule has 1 N–H and O–H groups in total. The van der Waals surface area contributed by atoms with Gasteiger partial charge >= 0.3 is 0 Å². The summed E-state index contributed by atoms with van der Waals surface area (Å²) in [4.78, 5) is 14.9. The van der Waals surface area contributed by atoms with Gasteiger partial charge in [0.25, 0.3) is 0 Å². The topological polar surface area (TPSA) is 55.6 Å². The number of nitrogens with one attached hydrogen (secondary N) is 1. The Morgan fingerprint density at radius 1 is 0.447 bits per heavy atom. The zero-order valence-electron chi connectivity index (χ0n) is 20.5. The number of anilines is 2. The smallest absolute Gasteiger partial charge is 0.238 e. The number of benzene rings is 5. The Bertz CT molecular complexity index is 1820. The fourth-order valence-electron chi connectivity index (χ4n) is 4.85. The lowest BCUT2D eigenvalue weighted by Gasteiger charge is -2.11. The fourth-order valence-corrected chi connectivity index (χ4v) is 4.85. The van der Waals surface area contributed by atoms with Gasteiger partial charge in [-0.3, -0.25) is 4.57 Å². The molecule has 38 heavy (non-hydrogen) atoms. The molecule has 0 amide bonds. The van der Waals surface area contributed by atoms with E-state index in [1.807, 2.05) is 78.9 Å². The summed E-state index contributed by atoms with van der Waals surface area (Å²) in [7, 11) is 0. The van der Waals surface area contributed by atoms with Gasteiger partial charge in [0.2, 0.25) is 5.95 Å². The van der Waals surface area contributed by atoms with E-state index in [0.717, 1.165) is 44.3 Å². The average Bonchev–Trinajstić information content (AvgIpc) is 3.32. The quantitative estimate of drug-likeness (QED) is 0.266. The molecule has 5 aromatic carbocycles. The summed E-state index contributed by atoms with van der Waals surface area (Å²) < 4.78 is 2.14. The molecule has 0 radical (unpaired) electrons. The average molecular weight is 490 g/mol. The van der Waals surface area contributed by atoms with E-state index in [4.69, 9.17) is 15.0 Å². The molecule has 5 nitrogen and oxygen atoms in total. The summed E-state index contributed by atoms with van der Waals surface area (Å²) in [5, 5.41) is 5.82. The highest BCUT2D eigenvalue weighted by Crippen LogP contribution is 2.34. The Kier molecular flexibility index (Phi) is 5.37. The van der Waals surface area contributed by atoms with Gasteiger partial charge in [0.15, 0.2) is 11.6 Å². The van der Waals surface area contributed by atoms with E-state index in [1.165, 1.54) is 0 Å². The number of nitrogens with zero attached hydrogens (tertiary/aromatic N) is 4. The van der Waals surface area contributed by atoms with E-state index in [1.54, 1.807) is 0 Å². The van der Waals surface area contributed by atoms with Gasteiger partial charge in [0, 0.05) is 33.3 Å². The second-order valence-electron chi connectivity index (χ2n) is 9.09. The number of hydrogen-bond acceptors (Lipinski definition) is 4. The number of para-hydroxylation sites is 2. The summed E-state index contributed by atoms with van der Waals surface area (Å²) in [6, 6.07) is 45.1. The molecule has 0 unspecified atom stereocenters. The summed E-state index contributed by atoms with van der Waals surface area (Å²) in [5.74, 6) is 1.86. The minimum absolute atomic E-state index is 0.584. The van der Waals surface area contributed by atoms with Crippen LogP contribution in [-0.4, -0.2) is 19.5 Å². The lowest BCUT2D eigenvalue weighted by atomic mass is 10.1. The van der Waals surface area contributed by atoms with Gasteiger partial charge in [-0.15, -0.1) is 0 Å². The van der Waals surface area contributed by atoms with Crippen LogP contribution in [-0.2, 0) is 0 Å². The zero-order chi connectivity index (χ0) is 25.3. The predicted octanol–water partition coefficient (Wildman–Crippen LogP) is 8.05. The van der Waals surface area contributed by atoms with E-state index in [-0.39, 0.29) is 0 Å². The van der Waals surface area contributed by atoms with Gasteiger partial charge in [-0.2, -0.15) is 9.97 Å². The molecule has 0 atom stereocenters. The maximum atomic E-state index is 5.01. The van der Waals surface area contributed by atoms with Crippen LogP contribution in [0.3, 0.4) is 0 Å². The molecule has 0 aliphatic heterocycles. The van der Waals surface area contributed by atoms with Crippen molar-refractivity contribution in [1.82, 2.24) is 19.5 Å². The van der Waals surface area contributed by atoms with Gasteiger partial charge < -0.3 is 5.32 Å². The van der Waals surface area contributed by atoms with Crippen LogP contribution in [0.1, 0.15) is 0 Å². The third kappa shape index (κ3) is 3.96. The molecule has 7 aromatic rings. The Hall–Kier alpha value is -5.29. The molecule has 0 spiro atoms. The second-order valence-corrected chi connectivity index (χ2v) is 9.09. The second kappa shape index (κ2) is 9.30. The molecule has 0 saturated carbocycles. The van der Waals surface area contributed by atoms with Crippen LogP contribution in [0.25, 0.3) is 50.5 Å². The van der Waals surface area contributed by atoms with E-state index in [0.29, 0.717) is 17.6 Å². The van der Waals surface area contributed by atoms with Crippen molar-refractivity contribution in [2.24, 2.45) is 0 Å². The van der Waals surface area contributed by atoms with Crippen molar-refractivity contribution >= 4 is 33.2 Å². The minimum Gasteiger partial charge on any atom is -0.355 e. The standard InChI is InChI=1S/C33H23N5/c1-4-12-23(13-5-1)31-35-32(24-14-6-2-7-15-24)37-33(36-31)38-29-19-11-10-18-27(29)28-21-20-26(22-30(28)38)34-25-16-8-3-9-17-25/h1-22,34H. The van der Waals surface area contributed by atoms with E-state index in [2.05, 4.69) is 64.5 Å². The summed E-state index contributed by atoms with van der Waals surface area (Å²) in [5.41, 5.74) is 5.99. The van der Waals surface area contributed by atoms with Crippen LogP contribution in [0.2, 0.25) is 0 Å².